The van der Waals surface area contributed by atoms with Crippen molar-refractivity contribution in [3.05, 3.63) is 185 Å². The first kappa shape index (κ1) is 40.4. The molecule has 3 heterocycles. The van der Waals surface area contributed by atoms with Crippen molar-refractivity contribution >= 4 is 81.3 Å². The quantitative estimate of drug-likeness (QED) is 0.0332. The van der Waals surface area contributed by atoms with Crippen molar-refractivity contribution < 1.29 is 28.8 Å². The van der Waals surface area contributed by atoms with Crippen LogP contribution in [0.5, 0.6) is 0 Å². The number of carbonyl (C=O) groups is 4. The summed E-state index contributed by atoms with van der Waals surface area (Å²) in [6, 6.07) is 49.3. The zero-order valence-electron chi connectivity index (χ0n) is 32.3. The Morgan fingerprint density at radius 1 is 0.833 bits per heavy atom. The third-order valence-corrected chi connectivity index (χ3v) is 17.6. The Morgan fingerprint density at radius 3 is 1.85 bits per heavy atom. The van der Waals surface area contributed by atoms with E-state index in [0.29, 0.717) is 18.3 Å². The zero-order chi connectivity index (χ0) is 41.5. The molecule has 1 fully saturated rings. The van der Waals surface area contributed by atoms with Crippen LogP contribution in [0, 0.1) is 0 Å². The Balaban J connectivity index is 1.22. The molecule has 0 aliphatic carbocycles. The molecule has 1 aromatic heterocycles. The van der Waals surface area contributed by atoms with Gasteiger partial charge in [-0.25, -0.2) is 0 Å². The van der Waals surface area contributed by atoms with E-state index in [2.05, 4.69) is 57.2 Å². The number of rotatable bonds is 15. The van der Waals surface area contributed by atoms with Crippen LogP contribution in [0.3, 0.4) is 0 Å². The van der Waals surface area contributed by atoms with E-state index in [1.165, 1.54) is 23.8 Å². The summed E-state index contributed by atoms with van der Waals surface area (Å²) in [6.07, 6.45) is 0.191. The summed E-state index contributed by atoms with van der Waals surface area (Å²) in [5.74, 6) is -1.41. The summed E-state index contributed by atoms with van der Waals surface area (Å²) in [7, 11) is -1.68. The van der Waals surface area contributed by atoms with Gasteiger partial charge in [-0.3, -0.25) is 4.79 Å². The van der Waals surface area contributed by atoms with E-state index in [9.17, 15) is 14.4 Å². The predicted octanol–water partition coefficient (Wildman–Crippen LogP) is 5.78. The second-order valence-electron chi connectivity index (χ2n) is 14.0. The van der Waals surface area contributed by atoms with Crippen LogP contribution in [0.2, 0.25) is 0 Å². The molecule has 2 aliphatic rings. The number of amides is 3. The van der Waals surface area contributed by atoms with Gasteiger partial charge in [-0.15, -0.1) is 0 Å². The number of aromatic nitrogens is 1. The molecule has 1 saturated heterocycles. The minimum absolute atomic E-state index is 0.159. The Morgan fingerprint density at radius 2 is 1.35 bits per heavy atom. The number of thiazole rings is 1. The molecular formula is C46H40N5O6PS2. The summed E-state index contributed by atoms with van der Waals surface area (Å²) in [5.41, 5.74) is 2.50. The number of thioether (sulfide) groups is 1. The first-order valence-electron chi connectivity index (χ1n) is 19.1. The van der Waals surface area contributed by atoms with Crippen molar-refractivity contribution in [3.8, 4) is 0 Å². The van der Waals surface area contributed by atoms with E-state index in [-0.39, 0.29) is 22.2 Å². The molecule has 2 atom stereocenters. The second-order valence-corrected chi connectivity index (χ2v) is 19.9. The molecule has 0 radical (unpaired) electrons. The van der Waals surface area contributed by atoms with Gasteiger partial charge in [0.15, 0.2) is 0 Å². The molecule has 0 saturated carbocycles. The van der Waals surface area contributed by atoms with Crippen LogP contribution < -0.4 is 26.5 Å². The van der Waals surface area contributed by atoms with Crippen LogP contribution in [0.25, 0.3) is 0 Å². The zero-order valence-corrected chi connectivity index (χ0v) is 35.0. The molecule has 11 nitrogen and oxygen atoms in total. The van der Waals surface area contributed by atoms with Crippen LogP contribution in [0.4, 0.5) is 5.13 Å². The van der Waals surface area contributed by atoms with Gasteiger partial charge >= 0.3 is 341 Å². The average Bonchev–Trinajstić information content (AvgIpc) is 3.77. The number of ether oxygens (including phenoxy) is 1. The van der Waals surface area contributed by atoms with Crippen LogP contribution in [0.1, 0.15) is 22.9 Å². The van der Waals surface area contributed by atoms with E-state index in [4.69, 9.17) is 9.57 Å². The molecule has 2 N–H and O–H groups in total. The predicted molar refractivity (Wildman–Crippen MR) is 240 cm³/mol. The average molecular weight is 854 g/mol. The molecule has 5 aromatic carbocycles. The van der Waals surface area contributed by atoms with Crippen molar-refractivity contribution in [1.82, 2.24) is 15.2 Å². The van der Waals surface area contributed by atoms with Gasteiger partial charge in [0.25, 0.3) is 0 Å². The van der Waals surface area contributed by atoms with E-state index in [0.717, 1.165) is 44.0 Å². The topological polar surface area (TPSA) is 139 Å². The van der Waals surface area contributed by atoms with Gasteiger partial charge in [0.2, 0.25) is 6.41 Å². The molecule has 2 aliphatic heterocycles. The van der Waals surface area contributed by atoms with Gasteiger partial charge in [-0.2, -0.15) is 0 Å². The van der Waals surface area contributed by atoms with E-state index in [1.807, 2.05) is 115 Å². The fraction of sp³-hybridized carbons (Fsp3) is 0.130. The van der Waals surface area contributed by atoms with Crippen LogP contribution in [0.15, 0.2) is 173 Å². The number of hydrogen-bond donors (Lipinski definition) is 2. The number of fused-ring (bicyclic) bond motifs is 1. The van der Waals surface area contributed by atoms with Crippen molar-refractivity contribution in [1.29, 1.82) is 0 Å². The Bertz CT molecular complexity index is 2410. The number of nitrogens with zero attached hydrogens (tertiary/aromatic N) is 3. The molecule has 0 bridgehead atoms. The SMILES string of the molecule is CON=C(C(=O)NC1C(=O)N2C(C(=O)OC(c3ccccc3)c3ccccc3)=C(C[PH](c3ccccc3)(c3ccccc3)c3ccccc3)CS[C@@H]12)c1csc(NC=O)n1. The third-order valence-electron chi connectivity index (χ3n) is 10.6. The normalized spacial score (nSPS) is 16.7. The monoisotopic (exact) mass is 853 g/mol. The molecular weight excluding hydrogens is 814 g/mol. The van der Waals surface area contributed by atoms with Gasteiger partial charge in [0.1, 0.15) is 0 Å². The number of β-lactam (4-membered cyclic amide) rings is 1. The molecule has 60 heavy (non-hydrogen) atoms. The van der Waals surface area contributed by atoms with E-state index < -0.39 is 42.6 Å². The van der Waals surface area contributed by atoms with Crippen molar-refractivity contribution in [2.75, 3.05) is 24.3 Å². The fourth-order valence-electron chi connectivity index (χ4n) is 7.85. The summed E-state index contributed by atoms with van der Waals surface area (Å²) in [5, 5.41) is 13.8. The van der Waals surface area contributed by atoms with E-state index >= 15 is 4.79 Å². The Kier molecular flexibility index (Phi) is 12.3. The fourth-order valence-corrected chi connectivity index (χ4v) is 14.9. The molecule has 1 unspecified atom stereocenters. The Labute approximate surface area is 355 Å². The van der Waals surface area contributed by atoms with Gasteiger partial charge in [-0.1, -0.05) is 0 Å². The molecule has 0 spiro atoms. The molecule has 302 valence electrons. The van der Waals surface area contributed by atoms with Crippen molar-refractivity contribution in [3.63, 3.8) is 0 Å². The van der Waals surface area contributed by atoms with Crippen LogP contribution in [-0.4, -0.2) is 70.2 Å². The molecule has 6 aromatic rings. The van der Waals surface area contributed by atoms with Gasteiger partial charge < -0.3 is 5.32 Å². The minimum atomic E-state index is -2.97. The summed E-state index contributed by atoms with van der Waals surface area (Å²) >= 11 is 2.58. The number of benzene rings is 5. The number of hydrogen-bond acceptors (Lipinski definition) is 10. The first-order chi connectivity index (χ1) is 29.4. The standard InChI is InChI=1S/C46H40N5O6PS2/c1-56-50-38(37-29-60-46(48-37)47-30-52)42(53)49-39-43(54)51-40(45(55)57-41(31-17-7-2-8-18-31)32-19-9-3-10-20-32)33(28-59-44(39)51)27-58(34-21-11-4-12-22-34,35-23-13-5-14-24-35)36-25-15-6-16-26-36/h2-26,29-30,39,41,44,58H,27-28H2,1H3,(H,49,53)(H,47,48,52)/t39?,44-/m0/s1. The third kappa shape index (κ3) is 7.99. The second kappa shape index (κ2) is 18.3. The molecule has 3 amide bonds. The molecule has 8 rings (SSSR count). The van der Waals surface area contributed by atoms with Crippen LogP contribution >= 0.6 is 30.4 Å². The first-order valence-corrected chi connectivity index (χ1v) is 23.3. The summed E-state index contributed by atoms with van der Waals surface area (Å²) < 4.78 is 6.55. The number of oxime groups is 1. The number of nitrogens with one attached hydrogen (secondary N) is 2. The van der Waals surface area contributed by atoms with Gasteiger partial charge in [0, 0.05) is 0 Å². The summed E-state index contributed by atoms with van der Waals surface area (Å²) in [6.45, 7) is 0. The van der Waals surface area contributed by atoms with Crippen LogP contribution in [-0.2, 0) is 28.8 Å². The maximum atomic E-state index is 15.1. The summed E-state index contributed by atoms with van der Waals surface area (Å²) in [4.78, 5) is 65.2. The van der Waals surface area contributed by atoms with Crippen molar-refractivity contribution in [2.24, 2.45) is 5.16 Å². The van der Waals surface area contributed by atoms with E-state index in [1.54, 1.807) is 5.38 Å². The molecule has 14 heteroatoms. The van der Waals surface area contributed by atoms with Gasteiger partial charge in [0.05, 0.1) is 0 Å². The maximum absolute atomic E-state index is 15.1. The number of anilines is 1. The number of esters is 1. The Hall–Kier alpha value is -6.40. The number of carbonyl (C=O) groups excluding carboxylic acids is 4. The van der Waals surface area contributed by atoms with Gasteiger partial charge in [-0.05, 0) is 0 Å². The van der Waals surface area contributed by atoms with Crippen molar-refractivity contribution in [2.45, 2.75) is 17.5 Å².